The third-order valence-corrected chi connectivity index (χ3v) is 3.75. The first kappa shape index (κ1) is 14.5. The van der Waals surface area contributed by atoms with Crippen molar-refractivity contribution in [2.45, 2.75) is 12.0 Å². The van der Waals surface area contributed by atoms with E-state index < -0.39 is 17.8 Å². The molecule has 0 saturated carbocycles. The first-order valence-electron chi connectivity index (χ1n) is 7.08. The fraction of sp³-hybridized carbons (Fsp3) is 0.235. The molecule has 2 atom stereocenters. The molecule has 4 nitrogen and oxygen atoms in total. The summed E-state index contributed by atoms with van der Waals surface area (Å²) in [6.07, 6.45) is -1.08. The minimum absolute atomic E-state index is 0.0432. The molecule has 3 rings (SSSR count). The van der Waals surface area contributed by atoms with Crippen LogP contribution in [0, 0.1) is 5.82 Å². The molecular weight excluding hydrogens is 285 g/mol. The number of benzene rings is 2. The molecule has 0 aliphatic carbocycles. The van der Waals surface area contributed by atoms with Crippen molar-refractivity contribution in [2.24, 2.45) is 0 Å². The number of para-hydroxylation sites is 1. The van der Waals surface area contributed by atoms with Gasteiger partial charge in [0.2, 0.25) is 5.91 Å². The maximum absolute atomic E-state index is 13.6. The van der Waals surface area contributed by atoms with E-state index in [0.29, 0.717) is 5.75 Å². The minimum Gasteiger partial charge on any atom is -0.492 e. The molecule has 2 N–H and O–H groups in total. The lowest BCUT2D eigenvalue weighted by molar-refractivity contribution is -0.123. The maximum Gasteiger partial charge on any atom is 0.231 e. The Hall–Kier alpha value is -2.40. The fourth-order valence-electron chi connectivity index (χ4n) is 2.56. The van der Waals surface area contributed by atoms with E-state index >= 15 is 0 Å². The summed E-state index contributed by atoms with van der Waals surface area (Å²) in [5, 5.41) is 12.7. The molecule has 1 heterocycles. The van der Waals surface area contributed by atoms with Gasteiger partial charge in [-0.15, -0.1) is 0 Å². The summed E-state index contributed by atoms with van der Waals surface area (Å²) < 4.78 is 19.0. The van der Waals surface area contributed by atoms with Crippen molar-refractivity contribution in [1.82, 2.24) is 5.32 Å². The van der Waals surface area contributed by atoms with Gasteiger partial charge in [0.05, 0.1) is 6.10 Å². The van der Waals surface area contributed by atoms with Gasteiger partial charge in [-0.05, 0) is 12.1 Å². The van der Waals surface area contributed by atoms with E-state index in [2.05, 4.69) is 5.32 Å². The molecule has 0 spiro atoms. The average molecular weight is 301 g/mol. The number of hydrogen-bond donors (Lipinski definition) is 2. The number of carbonyl (C=O) groups excluding carboxylic acids is 1. The number of halogens is 1. The molecule has 0 radical (unpaired) electrons. The molecule has 2 aromatic carbocycles. The lowest BCUT2D eigenvalue weighted by Gasteiger charge is -2.15. The summed E-state index contributed by atoms with van der Waals surface area (Å²) in [5.41, 5.74) is 1.01. The highest BCUT2D eigenvalue weighted by molar-refractivity contribution is 5.85. The number of hydrogen-bond acceptors (Lipinski definition) is 3. The van der Waals surface area contributed by atoms with Crippen LogP contribution in [-0.2, 0) is 4.79 Å². The fourth-order valence-corrected chi connectivity index (χ4v) is 2.56. The van der Waals surface area contributed by atoms with Crippen LogP contribution < -0.4 is 10.1 Å². The Morgan fingerprint density at radius 1 is 1.27 bits per heavy atom. The number of carbonyl (C=O) groups is 1. The average Bonchev–Trinajstić information content (AvgIpc) is 2.97. The number of nitrogens with one attached hydrogen (secondary N) is 1. The summed E-state index contributed by atoms with van der Waals surface area (Å²) in [7, 11) is 0. The zero-order valence-electron chi connectivity index (χ0n) is 11.8. The Labute approximate surface area is 127 Å². The Balaban J connectivity index is 1.63. The molecule has 1 aliphatic rings. The van der Waals surface area contributed by atoms with Crippen molar-refractivity contribution in [2.75, 3.05) is 13.2 Å². The Kier molecular flexibility index (Phi) is 4.06. The predicted molar refractivity (Wildman–Crippen MR) is 79.0 cm³/mol. The number of fused-ring (bicyclic) bond motifs is 1. The molecule has 114 valence electrons. The maximum atomic E-state index is 13.6. The lowest BCUT2D eigenvalue weighted by Crippen LogP contribution is -2.33. The first-order chi connectivity index (χ1) is 10.7. The van der Waals surface area contributed by atoms with Crippen LogP contribution in [0.2, 0.25) is 0 Å². The van der Waals surface area contributed by atoms with Crippen LogP contribution in [0.15, 0.2) is 48.5 Å². The van der Waals surface area contributed by atoms with E-state index in [1.165, 1.54) is 12.1 Å². The summed E-state index contributed by atoms with van der Waals surface area (Å²) in [6, 6.07) is 13.3. The number of rotatable bonds is 4. The van der Waals surface area contributed by atoms with Crippen molar-refractivity contribution >= 4 is 5.91 Å². The third kappa shape index (κ3) is 2.80. The van der Waals surface area contributed by atoms with Crippen LogP contribution in [0.4, 0.5) is 4.39 Å². The third-order valence-electron chi connectivity index (χ3n) is 3.75. The standard InChI is InChI=1S/C17H16FNO3/c18-14-7-3-1-6-12(14)15(20)9-19-17(21)13-10-22-16-8-4-2-5-11(13)16/h1-8,13,15,20H,9-10H2,(H,19,21)/t13-,15-/m1/s1. The SMILES string of the molecule is O=C(NC[C@@H](O)c1ccccc1F)[C@@H]1COc2ccccc21. The summed E-state index contributed by atoms with van der Waals surface area (Å²) in [6.45, 7) is 0.236. The molecule has 5 heteroatoms. The van der Waals surface area contributed by atoms with Crippen molar-refractivity contribution in [3.05, 3.63) is 65.5 Å². The van der Waals surface area contributed by atoms with Crippen LogP contribution >= 0.6 is 0 Å². The van der Waals surface area contributed by atoms with E-state index in [9.17, 15) is 14.3 Å². The molecule has 0 saturated heterocycles. The molecule has 0 unspecified atom stereocenters. The molecule has 1 aliphatic heterocycles. The van der Waals surface area contributed by atoms with Crippen LogP contribution in [0.25, 0.3) is 0 Å². The Morgan fingerprint density at radius 2 is 2.00 bits per heavy atom. The van der Waals surface area contributed by atoms with E-state index in [-0.39, 0.29) is 24.6 Å². The largest absolute Gasteiger partial charge is 0.492 e. The first-order valence-corrected chi connectivity index (χ1v) is 7.08. The molecule has 2 aromatic rings. The summed E-state index contributed by atoms with van der Waals surface area (Å²) in [5.74, 6) is -0.416. The predicted octanol–water partition coefficient (Wildman–Crippen LogP) is 2.15. The quantitative estimate of drug-likeness (QED) is 0.910. The van der Waals surface area contributed by atoms with Crippen LogP contribution in [0.5, 0.6) is 5.75 Å². The Morgan fingerprint density at radius 3 is 2.82 bits per heavy atom. The van der Waals surface area contributed by atoms with E-state index in [1.807, 2.05) is 24.3 Å². The zero-order valence-corrected chi connectivity index (χ0v) is 11.8. The summed E-state index contributed by atoms with van der Waals surface area (Å²) in [4.78, 5) is 12.2. The van der Waals surface area contributed by atoms with Gasteiger partial charge in [-0.3, -0.25) is 4.79 Å². The molecule has 0 bridgehead atoms. The van der Waals surface area contributed by atoms with Gasteiger partial charge < -0.3 is 15.2 Å². The highest BCUT2D eigenvalue weighted by Crippen LogP contribution is 2.33. The van der Waals surface area contributed by atoms with Crippen molar-refractivity contribution in [1.29, 1.82) is 0 Å². The number of aliphatic hydroxyl groups excluding tert-OH is 1. The molecule has 22 heavy (non-hydrogen) atoms. The molecule has 0 fully saturated rings. The second-order valence-electron chi connectivity index (χ2n) is 5.18. The van der Waals surface area contributed by atoms with E-state index in [0.717, 1.165) is 5.56 Å². The molecular formula is C17H16FNO3. The molecule has 0 aromatic heterocycles. The van der Waals surface area contributed by atoms with E-state index in [1.54, 1.807) is 12.1 Å². The smallest absolute Gasteiger partial charge is 0.231 e. The van der Waals surface area contributed by atoms with Gasteiger partial charge in [0.15, 0.2) is 0 Å². The van der Waals surface area contributed by atoms with Crippen LogP contribution in [-0.4, -0.2) is 24.2 Å². The van der Waals surface area contributed by atoms with Gasteiger partial charge in [0.25, 0.3) is 0 Å². The van der Waals surface area contributed by atoms with Crippen molar-refractivity contribution < 1.29 is 19.0 Å². The monoisotopic (exact) mass is 301 g/mol. The van der Waals surface area contributed by atoms with Gasteiger partial charge in [-0.1, -0.05) is 36.4 Å². The number of aliphatic hydroxyl groups is 1. The van der Waals surface area contributed by atoms with Crippen LogP contribution in [0.1, 0.15) is 23.1 Å². The Bertz CT molecular complexity index is 689. The zero-order chi connectivity index (χ0) is 15.5. The normalized spacial score (nSPS) is 17.5. The van der Waals surface area contributed by atoms with E-state index in [4.69, 9.17) is 4.74 Å². The molecule has 1 amide bonds. The topological polar surface area (TPSA) is 58.6 Å². The minimum atomic E-state index is -1.08. The van der Waals surface area contributed by atoms with Gasteiger partial charge in [0.1, 0.15) is 24.1 Å². The van der Waals surface area contributed by atoms with Gasteiger partial charge in [-0.25, -0.2) is 4.39 Å². The van der Waals surface area contributed by atoms with Crippen molar-refractivity contribution in [3.63, 3.8) is 0 Å². The van der Waals surface area contributed by atoms with Gasteiger partial charge >= 0.3 is 0 Å². The van der Waals surface area contributed by atoms with Gasteiger partial charge in [-0.2, -0.15) is 0 Å². The highest BCUT2D eigenvalue weighted by Gasteiger charge is 2.30. The number of ether oxygens (including phenoxy) is 1. The lowest BCUT2D eigenvalue weighted by atomic mass is 10.0. The second-order valence-corrected chi connectivity index (χ2v) is 5.18. The summed E-state index contributed by atoms with van der Waals surface area (Å²) >= 11 is 0. The highest BCUT2D eigenvalue weighted by atomic mass is 19.1. The van der Waals surface area contributed by atoms with Gasteiger partial charge in [0, 0.05) is 17.7 Å². The van der Waals surface area contributed by atoms with Crippen molar-refractivity contribution in [3.8, 4) is 5.75 Å². The second kappa shape index (κ2) is 6.15. The number of amides is 1. The van der Waals surface area contributed by atoms with Crippen LogP contribution in [0.3, 0.4) is 0 Å².